The van der Waals surface area contributed by atoms with E-state index in [-0.39, 0.29) is 11.9 Å². The largest absolute Gasteiger partial charge is 0.493 e. The second kappa shape index (κ2) is 10.5. The Labute approximate surface area is 189 Å². The maximum Gasteiger partial charge on any atom is 0.308 e. The third-order valence-electron chi connectivity index (χ3n) is 6.41. The van der Waals surface area contributed by atoms with Crippen molar-refractivity contribution in [2.75, 3.05) is 13.7 Å². The topological polar surface area (TPSA) is 61.6 Å². The van der Waals surface area contributed by atoms with Gasteiger partial charge in [-0.25, -0.2) is 4.98 Å². The highest BCUT2D eigenvalue weighted by Gasteiger charge is 2.33. The van der Waals surface area contributed by atoms with Gasteiger partial charge in [0.25, 0.3) is 0 Å². The summed E-state index contributed by atoms with van der Waals surface area (Å²) in [5.41, 5.74) is 3.18. The van der Waals surface area contributed by atoms with Gasteiger partial charge < -0.3 is 13.9 Å². The third kappa shape index (κ3) is 5.39. The maximum atomic E-state index is 11.9. The molecule has 3 aromatic rings. The lowest BCUT2D eigenvalue weighted by molar-refractivity contribution is -0.146. The molecule has 0 amide bonds. The number of methoxy groups -OCH3 is 1. The average molecular weight is 434 g/mol. The first-order valence-corrected chi connectivity index (χ1v) is 11.5. The zero-order valence-corrected chi connectivity index (χ0v) is 18.9. The number of benzene rings is 2. The van der Waals surface area contributed by atoms with Crippen LogP contribution in [0, 0.1) is 18.8 Å². The van der Waals surface area contributed by atoms with Crippen LogP contribution in [-0.4, -0.2) is 24.7 Å². The lowest BCUT2D eigenvalue weighted by atomic mass is 9.90. The van der Waals surface area contributed by atoms with Crippen molar-refractivity contribution < 1.29 is 18.7 Å². The van der Waals surface area contributed by atoms with Gasteiger partial charge in [0.15, 0.2) is 0 Å². The number of nitrogens with zero attached hydrogens (tertiary/aromatic N) is 1. The molecule has 0 aliphatic heterocycles. The van der Waals surface area contributed by atoms with Crippen LogP contribution in [0.2, 0.25) is 0 Å². The van der Waals surface area contributed by atoms with Crippen molar-refractivity contribution >= 4 is 5.97 Å². The normalized spacial score (nSPS) is 17.9. The van der Waals surface area contributed by atoms with Crippen molar-refractivity contribution in [1.29, 1.82) is 0 Å². The Kier molecular flexibility index (Phi) is 7.25. The summed E-state index contributed by atoms with van der Waals surface area (Å²) in [7, 11) is 1.49. The minimum absolute atomic E-state index is 0.0468. The molecule has 1 aromatic heterocycles. The first kappa shape index (κ1) is 22.1. The van der Waals surface area contributed by atoms with E-state index >= 15 is 0 Å². The van der Waals surface area contributed by atoms with E-state index in [1.165, 1.54) is 12.7 Å². The molecular weight excluding hydrogens is 402 g/mol. The van der Waals surface area contributed by atoms with E-state index in [1.807, 2.05) is 49.4 Å². The molecule has 1 fully saturated rings. The molecule has 4 rings (SSSR count). The summed E-state index contributed by atoms with van der Waals surface area (Å²) in [5, 5.41) is 0. The summed E-state index contributed by atoms with van der Waals surface area (Å²) in [6, 6.07) is 18.2. The zero-order valence-electron chi connectivity index (χ0n) is 18.9. The molecule has 5 heteroatoms. The maximum absolute atomic E-state index is 11.9. The minimum Gasteiger partial charge on any atom is -0.493 e. The summed E-state index contributed by atoms with van der Waals surface area (Å²) < 4.78 is 16.7. The van der Waals surface area contributed by atoms with E-state index in [2.05, 4.69) is 17.1 Å². The molecule has 168 valence electrons. The monoisotopic (exact) mass is 433 g/mol. The first-order valence-electron chi connectivity index (χ1n) is 11.5. The number of hydrogen-bond acceptors (Lipinski definition) is 5. The highest BCUT2D eigenvalue weighted by Crippen LogP contribution is 2.35. The Hall–Kier alpha value is -3.08. The summed E-state index contributed by atoms with van der Waals surface area (Å²) in [4.78, 5) is 16.6. The Morgan fingerprint density at radius 3 is 2.59 bits per heavy atom. The number of hydrogen-bond donors (Lipinski definition) is 0. The van der Waals surface area contributed by atoms with E-state index in [9.17, 15) is 4.79 Å². The average Bonchev–Trinajstić information content (AvgIpc) is 3.45. The van der Waals surface area contributed by atoms with Crippen molar-refractivity contribution in [3.05, 3.63) is 71.6 Å². The van der Waals surface area contributed by atoms with Crippen LogP contribution in [0.25, 0.3) is 11.5 Å². The van der Waals surface area contributed by atoms with Gasteiger partial charge in [0.05, 0.1) is 25.3 Å². The number of aromatic nitrogens is 1. The standard InChI is InChI=1S/C27H31NO4/c1-19-25(28-26(32-19)22-7-4-3-5-8-22)17-18-31-23-15-12-20(13-16-23)11-14-21-9-6-10-24(21)27(29)30-2/h3-5,7-8,12-13,15-16,21,24H,6,9-11,14,17-18H2,1-2H3/t21-,24+/m0/s1. The second-order valence-corrected chi connectivity index (χ2v) is 8.49. The van der Waals surface area contributed by atoms with Gasteiger partial charge in [-0.2, -0.15) is 0 Å². The third-order valence-corrected chi connectivity index (χ3v) is 6.41. The molecule has 0 unspecified atom stereocenters. The fraction of sp³-hybridized carbons (Fsp3) is 0.407. The molecule has 2 atom stereocenters. The van der Waals surface area contributed by atoms with Gasteiger partial charge in [-0.15, -0.1) is 0 Å². The lowest BCUT2D eigenvalue weighted by Crippen LogP contribution is -2.20. The SMILES string of the molecule is COC(=O)[C@@H]1CCC[C@H]1CCc1ccc(OCCc2nc(-c3ccccc3)oc2C)cc1. The molecule has 32 heavy (non-hydrogen) atoms. The summed E-state index contributed by atoms with van der Waals surface area (Å²) >= 11 is 0. The summed E-state index contributed by atoms with van der Waals surface area (Å²) in [5.74, 6) is 2.80. The Balaban J connectivity index is 1.25. The number of oxazole rings is 1. The predicted octanol–water partition coefficient (Wildman–Crippen LogP) is 5.79. The minimum atomic E-state index is -0.0468. The van der Waals surface area contributed by atoms with Crippen LogP contribution in [0.15, 0.2) is 59.0 Å². The number of carbonyl (C=O) groups excluding carboxylic acids is 1. The summed E-state index contributed by atoms with van der Waals surface area (Å²) in [6.45, 7) is 2.49. The van der Waals surface area contributed by atoms with Crippen LogP contribution in [0.3, 0.4) is 0 Å². The van der Waals surface area contributed by atoms with Gasteiger partial charge in [0.1, 0.15) is 11.5 Å². The van der Waals surface area contributed by atoms with Gasteiger partial charge in [-0.1, -0.05) is 36.8 Å². The molecule has 1 aliphatic rings. The van der Waals surface area contributed by atoms with Gasteiger partial charge in [0, 0.05) is 12.0 Å². The molecule has 0 radical (unpaired) electrons. The Morgan fingerprint density at radius 2 is 1.84 bits per heavy atom. The molecule has 1 aliphatic carbocycles. The fourth-order valence-corrected chi connectivity index (χ4v) is 4.58. The highest BCUT2D eigenvalue weighted by atomic mass is 16.5. The highest BCUT2D eigenvalue weighted by molar-refractivity contribution is 5.72. The van der Waals surface area contributed by atoms with Gasteiger partial charge in [-0.05, 0) is 68.4 Å². The predicted molar refractivity (Wildman–Crippen MR) is 123 cm³/mol. The van der Waals surface area contributed by atoms with Gasteiger partial charge >= 0.3 is 5.97 Å². The van der Waals surface area contributed by atoms with E-state index in [0.29, 0.717) is 24.8 Å². The van der Waals surface area contributed by atoms with Gasteiger partial charge in [0.2, 0.25) is 5.89 Å². The number of carbonyl (C=O) groups is 1. The Bertz CT molecular complexity index is 1010. The van der Waals surface area contributed by atoms with E-state index < -0.39 is 0 Å². The van der Waals surface area contributed by atoms with Crippen LogP contribution < -0.4 is 4.74 Å². The second-order valence-electron chi connectivity index (χ2n) is 8.49. The molecule has 2 aromatic carbocycles. The molecule has 0 saturated heterocycles. The molecule has 5 nitrogen and oxygen atoms in total. The quantitative estimate of drug-likeness (QED) is 0.400. The van der Waals surface area contributed by atoms with Crippen LogP contribution in [0.5, 0.6) is 5.75 Å². The number of esters is 1. The van der Waals surface area contributed by atoms with Crippen LogP contribution in [0.1, 0.15) is 42.7 Å². The van der Waals surface area contributed by atoms with Crippen molar-refractivity contribution in [3.63, 3.8) is 0 Å². The van der Waals surface area contributed by atoms with Crippen LogP contribution >= 0.6 is 0 Å². The van der Waals surface area contributed by atoms with Crippen LogP contribution in [-0.2, 0) is 22.4 Å². The van der Waals surface area contributed by atoms with Crippen molar-refractivity contribution in [3.8, 4) is 17.2 Å². The summed E-state index contributed by atoms with van der Waals surface area (Å²) in [6.07, 6.45) is 5.89. The molecule has 0 N–H and O–H groups in total. The van der Waals surface area contributed by atoms with E-state index in [0.717, 1.165) is 54.9 Å². The Morgan fingerprint density at radius 1 is 1.06 bits per heavy atom. The fourth-order valence-electron chi connectivity index (χ4n) is 4.58. The van der Waals surface area contributed by atoms with E-state index in [4.69, 9.17) is 13.9 Å². The molecule has 0 bridgehead atoms. The molecule has 1 saturated carbocycles. The molecule has 1 heterocycles. The van der Waals surface area contributed by atoms with Crippen LogP contribution in [0.4, 0.5) is 0 Å². The smallest absolute Gasteiger partial charge is 0.308 e. The molecule has 0 spiro atoms. The van der Waals surface area contributed by atoms with E-state index in [1.54, 1.807) is 0 Å². The number of aryl methyl sites for hydroxylation is 2. The number of ether oxygens (including phenoxy) is 2. The lowest BCUT2D eigenvalue weighted by Gasteiger charge is -2.17. The zero-order chi connectivity index (χ0) is 22.3. The molecular formula is C27H31NO4. The number of rotatable bonds is 9. The van der Waals surface area contributed by atoms with Gasteiger partial charge in [-0.3, -0.25) is 4.79 Å². The first-order chi connectivity index (χ1) is 15.6. The van der Waals surface area contributed by atoms with Crippen molar-refractivity contribution in [1.82, 2.24) is 4.98 Å². The van der Waals surface area contributed by atoms with Crippen molar-refractivity contribution in [2.45, 2.75) is 45.4 Å². The van der Waals surface area contributed by atoms with Crippen molar-refractivity contribution in [2.24, 2.45) is 11.8 Å².